The molecule has 1 unspecified atom stereocenters. The molecular formula is C20H23N7O2. The van der Waals surface area contributed by atoms with Crippen LogP contribution in [0.3, 0.4) is 0 Å². The largest absolute Gasteiger partial charge is 0.368 e. The summed E-state index contributed by atoms with van der Waals surface area (Å²) in [5.74, 6) is -0.277. The number of anilines is 1. The first-order valence-corrected chi connectivity index (χ1v) is 9.55. The first-order chi connectivity index (χ1) is 14.1. The Labute approximate surface area is 168 Å². The first-order valence-electron chi connectivity index (χ1n) is 9.55. The van der Waals surface area contributed by atoms with Gasteiger partial charge in [-0.1, -0.05) is 12.1 Å². The highest BCUT2D eigenvalue weighted by atomic mass is 16.3. The summed E-state index contributed by atoms with van der Waals surface area (Å²) in [5, 5.41) is 25.0. The minimum absolute atomic E-state index is 0.241. The van der Waals surface area contributed by atoms with Crippen molar-refractivity contribution in [2.75, 3.05) is 11.9 Å². The maximum absolute atomic E-state index is 12.5. The fraction of sp³-hybridized carbons (Fsp3) is 0.300. The standard InChI is InChI=1S/C20H23N7O2/c1-26-13-17-18(25-26)20(29)21-9-4-2-3-5-10-27-12-14(11-22-27)15-7-6-8-16(23-15)19(28)24-17/h5-8,10-13,19,24,28H,2-4,9H2,1H3,(H,21,29)/b10-5+. The number of hydrogen-bond donors (Lipinski definition) is 3. The molecule has 29 heavy (non-hydrogen) atoms. The average molecular weight is 393 g/mol. The zero-order valence-electron chi connectivity index (χ0n) is 16.1. The highest BCUT2D eigenvalue weighted by Gasteiger charge is 2.19. The maximum atomic E-state index is 12.5. The van der Waals surface area contributed by atoms with E-state index in [-0.39, 0.29) is 11.6 Å². The quantitative estimate of drug-likeness (QED) is 0.540. The SMILES string of the molecule is Cn1cc2c(n1)C(=O)NCCCC/C=C/n1cc(cn1)-c1cccc(n1)C(O)N2. The van der Waals surface area contributed by atoms with Gasteiger partial charge < -0.3 is 15.7 Å². The number of fused-ring (bicyclic) bond motifs is 6. The van der Waals surface area contributed by atoms with E-state index in [0.29, 0.717) is 23.6 Å². The van der Waals surface area contributed by atoms with Crippen LogP contribution in [-0.4, -0.2) is 42.1 Å². The van der Waals surface area contributed by atoms with Gasteiger partial charge in [-0.25, -0.2) is 9.67 Å². The molecular weight excluding hydrogens is 370 g/mol. The second-order valence-electron chi connectivity index (χ2n) is 6.91. The van der Waals surface area contributed by atoms with Crippen molar-refractivity contribution in [3.8, 4) is 11.3 Å². The minimum Gasteiger partial charge on any atom is -0.368 e. The van der Waals surface area contributed by atoms with Gasteiger partial charge in [-0.3, -0.25) is 9.48 Å². The lowest BCUT2D eigenvalue weighted by Gasteiger charge is -2.14. The Balaban J connectivity index is 1.68. The molecule has 3 aromatic heterocycles. The van der Waals surface area contributed by atoms with E-state index < -0.39 is 6.23 Å². The van der Waals surface area contributed by atoms with Crippen LogP contribution in [0.2, 0.25) is 0 Å². The molecule has 9 heteroatoms. The van der Waals surface area contributed by atoms with Gasteiger partial charge in [0.1, 0.15) is 0 Å². The number of aliphatic hydroxyl groups excluding tert-OH is 1. The monoisotopic (exact) mass is 393 g/mol. The smallest absolute Gasteiger partial charge is 0.273 e. The van der Waals surface area contributed by atoms with Gasteiger partial charge in [0.25, 0.3) is 5.91 Å². The lowest BCUT2D eigenvalue weighted by molar-refractivity contribution is 0.0948. The topological polar surface area (TPSA) is 110 Å². The fourth-order valence-corrected chi connectivity index (χ4v) is 3.15. The third-order valence-electron chi connectivity index (χ3n) is 4.63. The van der Waals surface area contributed by atoms with Crippen molar-refractivity contribution >= 4 is 17.8 Å². The van der Waals surface area contributed by atoms with Crippen molar-refractivity contribution < 1.29 is 9.90 Å². The van der Waals surface area contributed by atoms with E-state index in [0.717, 1.165) is 24.8 Å². The van der Waals surface area contributed by atoms with E-state index in [4.69, 9.17) is 0 Å². The Kier molecular flexibility index (Phi) is 5.39. The number of aryl methyl sites for hydroxylation is 1. The van der Waals surface area contributed by atoms with Crippen LogP contribution in [0.25, 0.3) is 17.5 Å². The van der Waals surface area contributed by atoms with E-state index in [1.54, 1.807) is 30.2 Å². The average Bonchev–Trinajstić information content (AvgIpc) is 3.33. The molecule has 0 fully saturated rings. The highest BCUT2D eigenvalue weighted by Crippen LogP contribution is 2.22. The van der Waals surface area contributed by atoms with Crippen LogP contribution in [0, 0.1) is 0 Å². The van der Waals surface area contributed by atoms with Gasteiger partial charge in [-0.05, 0) is 31.4 Å². The number of aromatic nitrogens is 5. The summed E-state index contributed by atoms with van der Waals surface area (Å²) in [6.45, 7) is 0.556. The molecule has 1 atom stereocenters. The number of carbonyl (C=O) groups is 1. The number of nitrogens with one attached hydrogen (secondary N) is 2. The number of aliphatic hydroxyl groups is 1. The summed E-state index contributed by atoms with van der Waals surface area (Å²) in [6.07, 6.45) is 10.8. The minimum atomic E-state index is -1.10. The van der Waals surface area contributed by atoms with Crippen LogP contribution >= 0.6 is 0 Å². The maximum Gasteiger partial charge on any atom is 0.273 e. The number of nitrogens with zero attached hydrogens (tertiary/aromatic N) is 5. The second kappa shape index (κ2) is 8.27. The highest BCUT2D eigenvalue weighted by molar-refractivity contribution is 5.97. The number of hydrogen-bond acceptors (Lipinski definition) is 6. The molecule has 4 bridgehead atoms. The first kappa shape index (κ1) is 18.9. The van der Waals surface area contributed by atoms with Gasteiger partial charge in [0.05, 0.1) is 23.3 Å². The van der Waals surface area contributed by atoms with Crippen LogP contribution in [0.1, 0.15) is 41.7 Å². The Bertz CT molecular complexity index is 1040. The number of carbonyl (C=O) groups excluding carboxylic acids is 1. The van der Waals surface area contributed by atoms with Crippen molar-refractivity contribution in [2.24, 2.45) is 7.05 Å². The number of allylic oxidation sites excluding steroid dienone is 1. The zero-order valence-corrected chi connectivity index (χ0v) is 16.1. The van der Waals surface area contributed by atoms with Crippen LogP contribution in [0.4, 0.5) is 5.69 Å². The second-order valence-corrected chi connectivity index (χ2v) is 6.91. The third kappa shape index (κ3) is 4.35. The summed E-state index contributed by atoms with van der Waals surface area (Å²) in [5.41, 5.74) is 2.67. The van der Waals surface area contributed by atoms with Crippen molar-refractivity contribution in [1.82, 2.24) is 29.9 Å². The predicted molar refractivity (Wildman–Crippen MR) is 109 cm³/mol. The summed E-state index contributed by atoms with van der Waals surface area (Å²) >= 11 is 0. The van der Waals surface area contributed by atoms with E-state index in [9.17, 15) is 9.90 Å². The molecule has 150 valence electrons. The normalized spacial score (nSPS) is 18.7. The molecule has 0 radical (unpaired) electrons. The van der Waals surface area contributed by atoms with Gasteiger partial charge in [0, 0.05) is 37.7 Å². The summed E-state index contributed by atoms with van der Waals surface area (Å²) < 4.78 is 3.28. The predicted octanol–water partition coefficient (Wildman–Crippen LogP) is 2.17. The Morgan fingerprint density at radius 2 is 2.14 bits per heavy atom. The molecule has 1 amide bonds. The molecule has 0 spiro atoms. The molecule has 4 rings (SSSR count). The van der Waals surface area contributed by atoms with Crippen molar-refractivity contribution in [3.05, 3.63) is 54.3 Å². The van der Waals surface area contributed by atoms with Gasteiger partial charge in [0.2, 0.25) is 0 Å². The molecule has 0 saturated carbocycles. The number of amides is 1. The lowest BCUT2D eigenvalue weighted by atomic mass is 10.2. The van der Waals surface area contributed by atoms with E-state index in [1.807, 2.05) is 24.5 Å². The molecule has 3 aromatic rings. The van der Waals surface area contributed by atoms with Crippen LogP contribution in [-0.2, 0) is 7.05 Å². The number of rotatable bonds is 0. The third-order valence-corrected chi connectivity index (χ3v) is 4.63. The van der Waals surface area contributed by atoms with Gasteiger partial charge in [-0.2, -0.15) is 10.2 Å². The summed E-state index contributed by atoms with van der Waals surface area (Å²) in [4.78, 5) is 17.1. The van der Waals surface area contributed by atoms with E-state index in [1.165, 1.54) is 4.68 Å². The van der Waals surface area contributed by atoms with Gasteiger partial charge in [-0.15, -0.1) is 0 Å². The lowest BCUT2D eigenvalue weighted by Crippen LogP contribution is -2.26. The molecule has 0 aliphatic carbocycles. The Morgan fingerprint density at radius 3 is 3.03 bits per heavy atom. The van der Waals surface area contributed by atoms with E-state index in [2.05, 4.69) is 31.9 Å². The molecule has 0 aromatic carbocycles. The van der Waals surface area contributed by atoms with Gasteiger partial charge in [0.15, 0.2) is 11.9 Å². The molecule has 1 aliphatic rings. The molecule has 3 N–H and O–H groups in total. The summed E-state index contributed by atoms with van der Waals surface area (Å²) in [7, 11) is 1.73. The van der Waals surface area contributed by atoms with Crippen LogP contribution < -0.4 is 10.6 Å². The molecule has 1 aliphatic heterocycles. The molecule has 0 saturated heterocycles. The van der Waals surface area contributed by atoms with Crippen molar-refractivity contribution in [1.29, 1.82) is 0 Å². The Morgan fingerprint density at radius 1 is 1.24 bits per heavy atom. The van der Waals surface area contributed by atoms with Crippen molar-refractivity contribution in [3.63, 3.8) is 0 Å². The zero-order chi connectivity index (χ0) is 20.2. The molecule has 9 nitrogen and oxygen atoms in total. The van der Waals surface area contributed by atoms with E-state index >= 15 is 0 Å². The summed E-state index contributed by atoms with van der Waals surface area (Å²) in [6, 6.07) is 5.41. The van der Waals surface area contributed by atoms with Crippen molar-refractivity contribution in [2.45, 2.75) is 25.5 Å². The Hall–Kier alpha value is -3.46. The molecule has 4 heterocycles. The van der Waals surface area contributed by atoms with Gasteiger partial charge >= 0.3 is 0 Å². The van der Waals surface area contributed by atoms with Crippen LogP contribution in [0.5, 0.6) is 0 Å². The van der Waals surface area contributed by atoms with Crippen LogP contribution in [0.15, 0.2) is 42.9 Å². The number of pyridine rings is 1. The fourth-order valence-electron chi connectivity index (χ4n) is 3.15.